The number of anilines is 1. The molecule has 1 aliphatic rings. The van der Waals surface area contributed by atoms with E-state index in [0.717, 1.165) is 4.47 Å². The fourth-order valence-corrected chi connectivity index (χ4v) is 2.11. The molecule has 1 aromatic rings. The van der Waals surface area contributed by atoms with Crippen molar-refractivity contribution in [1.29, 1.82) is 0 Å². The van der Waals surface area contributed by atoms with Crippen LogP contribution in [0.2, 0.25) is 0 Å². The van der Waals surface area contributed by atoms with Crippen molar-refractivity contribution in [3.05, 3.63) is 28.7 Å². The first-order valence-corrected chi connectivity index (χ1v) is 5.69. The van der Waals surface area contributed by atoms with Crippen LogP contribution >= 0.6 is 15.9 Å². The standard InChI is InChI=1S/C11H10BrNO3/c12-7-1-3-8(4-2-7)13-9(11(15)16)5-6-10(13)14/h1-4,9H,5-6H2,(H,15,16). The molecule has 1 N–H and O–H groups in total. The molecule has 0 aliphatic carbocycles. The van der Waals surface area contributed by atoms with Gasteiger partial charge in [0.15, 0.2) is 0 Å². The maximum absolute atomic E-state index is 11.6. The molecule has 2 rings (SSSR count). The Bertz CT molecular complexity index is 429. The minimum absolute atomic E-state index is 0.130. The zero-order valence-electron chi connectivity index (χ0n) is 8.39. The van der Waals surface area contributed by atoms with Gasteiger partial charge in [-0.15, -0.1) is 0 Å². The van der Waals surface area contributed by atoms with E-state index in [1.54, 1.807) is 24.3 Å². The van der Waals surface area contributed by atoms with Crippen LogP contribution in [0.5, 0.6) is 0 Å². The molecule has 0 bridgehead atoms. The van der Waals surface area contributed by atoms with Crippen LogP contribution in [0.15, 0.2) is 28.7 Å². The number of nitrogens with zero attached hydrogens (tertiary/aromatic N) is 1. The molecule has 16 heavy (non-hydrogen) atoms. The van der Waals surface area contributed by atoms with Gasteiger partial charge in [-0.05, 0) is 30.7 Å². The summed E-state index contributed by atoms with van der Waals surface area (Å²) in [4.78, 5) is 24.0. The smallest absolute Gasteiger partial charge is 0.326 e. The van der Waals surface area contributed by atoms with Gasteiger partial charge in [0.2, 0.25) is 5.91 Å². The van der Waals surface area contributed by atoms with Gasteiger partial charge in [-0.1, -0.05) is 15.9 Å². The average molecular weight is 284 g/mol. The highest BCUT2D eigenvalue weighted by Gasteiger charge is 2.36. The predicted octanol–water partition coefficient (Wildman–Crippen LogP) is 2.03. The molecule has 84 valence electrons. The van der Waals surface area contributed by atoms with Gasteiger partial charge in [-0.25, -0.2) is 4.79 Å². The second-order valence-electron chi connectivity index (χ2n) is 3.63. The molecule has 0 spiro atoms. The maximum atomic E-state index is 11.6. The summed E-state index contributed by atoms with van der Waals surface area (Å²) in [6.45, 7) is 0. The highest BCUT2D eigenvalue weighted by molar-refractivity contribution is 9.10. The third kappa shape index (κ3) is 1.95. The zero-order valence-corrected chi connectivity index (χ0v) is 9.98. The van der Waals surface area contributed by atoms with Crippen molar-refractivity contribution in [1.82, 2.24) is 0 Å². The van der Waals surface area contributed by atoms with Crippen molar-refractivity contribution in [2.24, 2.45) is 0 Å². The van der Waals surface area contributed by atoms with Crippen LogP contribution in [0.25, 0.3) is 0 Å². The number of aliphatic carboxylic acids is 1. The lowest BCUT2D eigenvalue weighted by Crippen LogP contribution is -2.38. The van der Waals surface area contributed by atoms with E-state index in [1.165, 1.54) is 4.90 Å². The van der Waals surface area contributed by atoms with Crippen molar-refractivity contribution in [2.75, 3.05) is 4.90 Å². The Morgan fingerprint density at radius 3 is 2.56 bits per heavy atom. The van der Waals surface area contributed by atoms with Crippen molar-refractivity contribution in [3.8, 4) is 0 Å². The van der Waals surface area contributed by atoms with E-state index in [1.807, 2.05) is 0 Å². The number of rotatable bonds is 2. The van der Waals surface area contributed by atoms with Crippen molar-refractivity contribution >= 4 is 33.5 Å². The summed E-state index contributed by atoms with van der Waals surface area (Å²) in [5, 5.41) is 9.01. The van der Waals surface area contributed by atoms with E-state index in [-0.39, 0.29) is 5.91 Å². The summed E-state index contributed by atoms with van der Waals surface area (Å²) in [7, 11) is 0. The molecule has 0 saturated carbocycles. The van der Waals surface area contributed by atoms with Gasteiger partial charge in [0, 0.05) is 16.6 Å². The fraction of sp³-hybridized carbons (Fsp3) is 0.273. The van der Waals surface area contributed by atoms with Crippen LogP contribution < -0.4 is 4.90 Å². The lowest BCUT2D eigenvalue weighted by atomic mass is 10.2. The Hall–Kier alpha value is -1.36. The summed E-state index contributed by atoms with van der Waals surface area (Å²) in [5.41, 5.74) is 0.637. The molecular formula is C11H10BrNO3. The number of carbonyl (C=O) groups excluding carboxylic acids is 1. The van der Waals surface area contributed by atoms with Crippen LogP contribution in [-0.4, -0.2) is 23.0 Å². The minimum atomic E-state index is -0.950. The summed E-state index contributed by atoms with van der Waals surface area (Å²) in [6, 6.07) is 6.33. The van der Waals surface area contributed by atoms with Gasteiger partial charge < -0.3 is 5.11 Å². The first-order valence-electron chi connectivity index (χ1n) is 4.90. The third-order valence-corrected chi connectivity index (χ3v) is 3.13. The number of amides is 1. The normalized spacial score (nSPS) is 20.2. The molecule has 1 atom stereocenters. The zero-order chi connectivity index (χ0) is 11.7. The quantitative estimate of drug-likeness (QED) is 0.904. The third-order valence-electron chi connectivity index (χ3n) is 2.60. The van der Waals surface area contributed by atoms with E-state index >= 15 is 0 Å². The first kappa shape index (κ1) is 11.1. The van der Waals surface area contributed by atoms with Crippen LogP contribution in [-0.2, 0) is 9.59 Å². The van der Waals surface area contributed by atoms with Gasteiger partial charge in [0.25, 0.3) is 0 Å². The Morgan fingerprint density at radius 2 is 2.00 bits per heavy atom. The monoisotopic (exact) mass is 283 g/mol. The van der Waals surface area contributed by atoms with Gasteiger partial charge in [-0.3, -0.25) is 9.69 Å². The SMILES string of the molecule is O=C(O)C1CCC(=O)N1c1ccc(Br)cc1. The summed E-state index contributed by atoms with van der Waals surface area (Å²) < 4.78 is 0.898. The molecule has 4 nitrogen and oxygen atoms in total. The first-order chi connectivity index (χ1) is 7.59. The second kappa shape index (κ2) is 4.25. The van der Waals surface area contributed by atoms with Crippen molar-refractivity contribution < 1.29 is 14.7 Å². The Labute approximate surface area is 101 Å². The van der Waals surface area contributed by atoms with E-state index in [2.05, 4.69) is 15.9 Å². The molecule has 1 saturated heterocycles. The van der Waals surface area contributed by atoms with Crippen LogP contribution in [0, 0.1) is 0 Å². The molecule has 0 radical (unpaired) electrons. The maximum Gasteiger partial charge on any atom is 0.326 e. The van der Waals surface area contributed by atoms with E-state index in [4.69, 9.17) is 5.11 Å². The topological polar surface area (TPSA) is 57.6 Å². The second-order valence-corrected chi connectivity index (χ2v) is 4.55. The molecule has 0 aromatic heterocycles. The lowest BCUT2D eigenvalue weighted by molar-refractivity contribution is -0.138. The van der Waals surface area contributed by atoms with E-state index in [9.17, 15) is 9.59 Å². The van der Waals surface area contributed by atoms with Gasteiger partial charge in [-0.2, -0.15) is 0 Å². The van der Waals surface area contributed by atoms with Crippen LogP contribution in [0.3, 0.4) is 0 Å². The Morgan fingerprint density at radius 1 is 1.38 bits per heavy atom. The molecule has 1 amide bonds. The van der Waals surface area contributed by atoms with Gasteiger partial charge >= 0.3 is 5.97 Å². The molecule has 1 heterocycles. The van der Waals surface area contributed by atoms with Crippen molar-refractivity contribution in [3.63, 3.8) is 0 Å². The highest BCUT2D eigenvalue weighted by atomic mass is 79.9. The van der Waals surface area contributed by atoms with E-state index < -0.39 is 12.0 Å². The number of hydrogen-bond donors (Lipinski definition) is 1. The number of carboxylic acid groups (broad SMARTS) is 1. The lowest BCUT2D eigenvalue weighted by Gasteiger charge is -2.21. The summed E-state index contributed by atoms with van der Waals surface area (Å²) >= 11 is 3.29. The summed E-state index contributed by atoms with van der Waals surface area (Å²) in [6.07, 6.45) is 0.678. The average Bonchev–Trinajstić information content (AvgIpc) is 2.62. The van der Waals surface area contributed by atoms with Gasteiger partial charge in [0.1, 0.15) is 6.04 Å². The number of carbonyl (C=O) groups is 2. The molecule has 1 aliphatic heterocycles. The molecule has 5 heteroatoms. The number of hydrogen-bond acceptors (Lipinski definition) is 2. The highest BCUT2D eigenvalue weighted by Crippen LogP contribution is 2.27. The molecule has 1 fully saturated rings. The molecule has 1 unspecified atom stereocenters. The van der Waals surface area contributed by atoms with Crippen LogP contribution in [0.1, 0.15) is 12.8 Å². The minimum Gasteiger partial charge on any atom is -0.480 e. The molecule has 1 aromatic carbocycles. The number of halogens is 1. The number of benzene rings is 1. The van der Waals surface area contributed by atoms with Gasteiger partial charge in [0.05, 0.1) is 0 Å². The Balaban J connectivity index is 2.33. The Kier molecular flexibility index (Phi) is 2.96. The molecular weight excluding hydrogens is 274 g/mol. The largest absolute Gasteiger partial charge is 0.480 e. The fourth-order valence-electron chi connectivity index (χ4n) is 1.84. The van der Waals surface area contributed by atoms with E-state index in [0.29, 0.717) is 18.5 Å². The summed E-state index contributed by atoms with van der Waals surface area (Å²) in [5.74, 6) is -1.08. The predicted molar refractivity (Wildman–Crippen MR) is 62.3 cm³/mol. The number of carboxylic acids is 1. The van der Waals surface area contributed by atoms with Crippen LogP contribution in [0.4, 0.5) is 5.69 Å². The van der Waals surface area contributed by atoms with Crippen molar-refractivity contribution in [2.45, 2.75) is 18.9 Å².